The maximum absolute atomic E-state index is 10.0. The maximum Gasteiger partial charge on any atom is 0.332 e. The lowest BCUT2D eigenvalue weighted by Gasteiger charge is -2.37. The molecule has 2 N–H and O–H groups in total. The van der Waals surface area contributed by atoms with Crippen LogP contribution in [-0.2, 0) is 4.65 Å². The number of pyridine rings is 1. The number of hydrogen-bond donors (Lipinski definition) is 2. The summed E-state index contributed by atoms with van der Waals surface area (Å²) in [5.41, 5.74) is -0.119. The Balaban J connectivity index is 2.16. The van der Waals surface area contributed by atoms with Gasteiger partial charge in [0, 0.05) is 17.8 Å². The Morgan fingerprint density at radius 1 is 1.37 bits per heavy atom. The molecule has 1 radical (unpaired) electrons. The highest BCUT2D eigenvalue weighted by Gasteiger charge is 2.35. The summed E-state index contributed by atoms with van der Waals surface area (Å²) >= 11 is 6.04. The Morgan fingerprint density at radius 3 is 2.68 bits per heavy atom. The summed E-state index contributed by atoms with van der Waals surface area (Å²) in [6.45, 7) is 7.09. The van der Waals surface area contributed by atoms with E-state index in [0.29, 0.717) is 5.02 Å². The average Bonchev–Trinajstić information content (AvgIpc) is 2.67. The van der Waals surface area contributed by atoms with Gasteiger partial charge in [0.05, 0.1) is 16.2 Å². The molecule has 0 unspecified atom stereocenters. The minimum absolute atomic E-state index is 0.625. The van der Waals surface area contributed by atoms with Gasteiger partial charge in [-0.05, 0) is 33.2 Å². The predicted molar refractivity (Wildman–Crippen MR) is 78.0 cm³/mol. The van der Waals surface area contributed by atoms with Crippen LogP contribution >= 0.6 is 11.6 Å². The third kappa shape index (κ3) is 2.94. The summed E-state index contributed by atoms with van der Waals surface area (Å²) in [5, 5.41) is 11.5. The van der Waals surface area contributed by atoms with E-state index in [1.807, 2.05) is 19.9 Å². The number of nitrogens with zero attached hydrogens (tertiary/aromatic N) is 1. The van der Waals surface area contributed by atoms with Gasteiger partial charge in [-0.25, -0.2) is 4.98 Å². The number of halogens is 1. The molecule has 2 aromatic rings. The van der Waals surface area contributed by atoms with Crippen molar-refractivity contribution in [2.75, 3.05) is 0 Å². The van der Waals surface area contributed by atoms with E-state index in [9.17, 15) is 5.11 Å². The largest absolute Gasteiger partial charge is 0.427 e. The number of H-pyrrole nitrogens is 1. The smallest absolute Gasteiger partial charge is 0.332 e. The normalized spacial score (nSPS) is 12.9. The predicted octanol–water partition coefficient (Wildman–Crippen LogP) is 2.03. The van der Waals surface area contributed by atoms with Crippen LogP contribution in [0.1, 0.15) is 27.7 Å². The second-order valence-corrected chi connectivity index (χ2v) is 6.01. The number of aromatic amines is 1. The molecule has 0 aliphatic carbocycles. The van der Waals surface area contributed by atoms with Crippen LogP contribution in [0.3, 0.4) is 0 Å². The van der Waals surface area contributed by atoms with Gasteiger partial charge in [-0.15, -0.1) is 0 Å². The standard InChI is InChI=1S/C13H17BClN2O2/c1-12(2,18)13(3,4)19-14-8-5-9-10(15)7-17-11(9)16-6-8/h5-7,18H,1-4H3,(H,16,17). The van der Waals surface area contributed by atoms with Crippen molar-refractivity contribution in [1.29, 1.82) is 0 Å². The number of nitrogens with one attached hydrogen (secondary N) is 1. The van der Waals surface area contributed by atoms with Crippen molar-refractivity contribution in [3.8, 4) is 0 Å². The summed E-state index contributed by atoms with van der Waals surface area (Å²) in [6, 6.07) is 1.89. The highest BCUT2D eigenvalue weighted by molar-refractivity contribution is 6.47. The molecule has 19 heavy (non-hydrogen) atoms. The van der Waals surface area contributed by atoms with Crippen LogP contribution < -0.4 is 5.46 Å². The van der Waals surface area contributed by atoms with Crippen LogP contribution in [0.5, 0.6) is 0 Å². The molecule has 4 nitrogen and oxygen atoms in total. The molecule has 0 spiro atoms. The third-order valence-electron chi connectivity index (χ3n) is 3.46. The van der Waals surface area contributed by atoms with Crippen molar-refractivity contribution in [3.05, 3.63) is 23.5 Å². The molecule has 101 valence electrons. The Hall–Kier alpha value is -1.04. The zero-order valence-corrected chi connectivity index (χ0v) is 12.2. The minimum atomic E-state index is -0.952. The zero-order chi connectivity index (χ0) is 14.3. The van der Waals surface area contributed by atoms with Crippen molar-refractivity contribution in [1.82, 2.24) is 9.97 Å². The van der Waals surface area contributed by atoms with Gasteiger partial charge < -0.3 is 14.7 Å². The molecule has 0 bridgehead atoms. The van der Waals surface area contributed by atoms with Crippen molar-refractivity contribution >= 4 is 35.6 Å². The Kier molecular flexibility index (Phi) is 3.64. The lowest BCUT2D eigenvalue weighted by Crippen LogP contribution is -2.49. The first-order valence-corrected chi connectivity index (χ1v) is 6.44. The van der Waals surface area contributed by atoms with Crippen LogP contribution in [0.15, 0.2) is 18.5 Å². The molecule has 0 atom stereocenters. The van der Waals surface area contributed by atoms with E-state index < -0.39 is 11.2 Å². The molecule has 0 aliphatic heterocycles. The van der Waals surface area contributed by atoms with Crippen molar-refractivity contribution in [2.45, 2.75) is 38.9 Å². The van der Waals surface area contributed by atoms with Gasteiger partial charge in [-0.1, -0.05) is 17.7 Å². The molecule has 2 heterocycles. The fourth-order valence-corrected chi connectivity index (χ4v) is 1.61. The van der Waals surface area contributed by atoms with E-state index >= 15 is 0 Å². The quantitative estimate of drug-likeness (QED) is 0.842. The van der Waals surface area contributed by atoms with Gasteiger partial charge in [-0.2, -0.15) is 0 Å². The SMILES string of the molecule is CC(C)(O)C(C)(C)O[B]c1cnc2[nH]cc(Cl)c2c1. The minimum Gasteiger partial charge on any atom is -0.427 e. The van der Waals surface area contributed by atoms with E-state index in [4.69, 9.17) is 16.3 Å². The monoisotopic (exact) mass is 279 g/mol. The van der Waals surface area contributed by atoms with Gasteiger partial charge in [-0.3, -0.25) is 0 Å². The number of fused-ring (bicyclic) bond motifs is 1. The number of aliphatic hydroxyl groups is 1. The molecule has 0 aromatic carbocycles. The Morgan fingerprint density at radius 2 is 2.05 bits per heavy atom. The maximum atomic E-state index is 10.0. The molecule has 0 amide bonds. The molecule has 6 heteroatoms. The third-order valence-corrected chi connectivity index (χ3v) is 3.78. The Bertz CT molecular complexity index is 590. The highest BCUT2D eigenvalue weighted by atomic mass is 35.5. The van der Waals surface area contributed by atoms with Gasteiger partial charge in [0.25, 0.3) is 0 Å². The average molecular weight is 280 g/mol. The van der Waals surface area contributed by atoms with Crippen molar-refractivity contribution in [3.63, 3.8) is 0 Å². The van der Waals surface area contributed by atoms with Gasteiger partial charge in [0.1, 0.15) is 5.65 Å². The molecule has 2 aromatic heterocycles. The fourth-order valence-electron chi connectivity index (χ4n) is 1.41. The van der Waals surface area contributed by atoms with E-state index in [-0.39, 0.29) is 0 Å². The first-order chi connectivity index (χ1) is 8.71. The summed E-state index contributed by atoms with van der Waals surface area (Å²) in [4.78, 5) is 7.22. The second-order valence-electron chi connectivity index (χ2n) is 5.61. The van der Waals surface area contributed by atoms with Gasteiger partial charge >= 0.3 is 7.48 Å². The molecule has 0 saturated carbocycles. The summed E-state index contributed by atoms with van der Waals surface area (Å²) in [5.74, 6) is 0. The lowest BCUT2D eigenvalue weighted by atomic mass is 9.83. The van der Waals surface area contributed by atoms with Crippen molar-refractivity contribution in [2.24, 2.45) is 0 Å². The summed E-state index contributed by atoms with van der Waals surface area (Å²) in [6.07, 6.45) is 3.39. The summed E-state index contributed by atoms with van der Waals surface area (Å²) in [7, 11) is 1.59. The molecule has 0 saturated heterocycles. The fraction of sp³-hybridized carbons (Fsp3) is 0.462. The molecule has 0 aliphatic rings. The van der Waals surface area contributed by atoms with Gasteiger partial charge in [0.15, 0.2) is 0 Å². The van der Waals surface area contributed by atoms with Crippen LogP contribution in [-0.4, -0.2) is 33.8 Å². The van der Waals surface area contributed by atoms with Crippen molar-refractivity contribution < 1.29 is 9.76 Å². The van der Waals surface area contributed by atoms with Crippen LogP contribution in [0.2, 0.25) is 5.02 Å². The number of rotatable bonds is 4. The molecular formula is C13H17BClN2O2. The first-order valence-electron chi connectivity index (χ1n) is 6.07. The van der Waals surface area contributed by atoms with E-state index in [0.717, 1.165) is 16.5 Å². The van der Waals surface area contributed by atoms with E-state index in [2.05, 4.69) is 9.97 Å². The molecule has 0 fully saturated rings. The van der Waals surface area contributed by atoms with Crippen LogP contribution in [0, 0.1) is 0 Å². The van der Waals surface area contributed by atoms with Crippen LogP contribution in [0.25, 0.3) is 11.0 Å². The highest BCUT2D eigenvalue weighted by Crippen LogP contribution is 2.24. The number of hydrogen-bond acceptors (Lipinski definition) is 3. The van der Waals surface area contributed by atoms with E-state index in [1.54, 1.807) is 33.7 Å². The second kappa shape index (κ2) is 4.82. The molecule has 2 rings (SSSR count). The topological polar surface area (TPSA) is 58.1 Å². The lowest BCUT2D eigenvalue weighted by molar-refractivity contribution is -0.0893. The molecular weight excluding hydrogens is 262 g/mol. The number of aromatic nitrogens is 2. The zero-order valence-electron chi connectivity index (χ0n) is 11.5. The summed E-state index contributed by atoms with van der Waals surface area (Å²) < 4.78 is 5.68. The van der Waals surface area contributed by atoms with Crippen LogP contribution in [0.4, 0.5) is 0 Å². The van der Waals surface area contributed by atoms with E-state index in [1.165, 1.54) is 0 Å². The van der Waals surface area contributed by atoms with Gasteiger partial charge in [0.2, 0.25) is 0 Å². The first kappa shape index (κ1) is 14.4. The Labute approximate surface area is 118 Å².